The van der Waals surface area contributed by atoms with E-state index in [0.717, 1.165) is 44.9 Å². The number of unbranched alkanes of at least 4 members (excludes halogenated alkanes) is 47. The van der Waals surface area contributed by atoms with Crippen LogP contribution in [0.4, 0.5) is 0 Å². The minimum absolute atomic E-state index is 0.247. The highest BCUT2D eigenvalue weighted by molar-refractivity contribution is 5.76. The van der Waals surface area contributed by atoms with Crippen LogP contribution in [0.15, 0.2) is 48.6 Å². The van der Waals surface area contributed by atoms with Crippen molar-refractivity contribution in [3.63, 3.8) is 0 Å². The fraction of sp³-hybridized carbons (Fsp3) is 0.886. The van der Waals surface area contributed by atoms with E-state index in [-0.39, 0.29) is 18.9 Å². The number of carbonyl (C=O) groups excluding carboxylic acids is 1. The van der Waals surface area contributed by atoms with Crippen molar-refractivity contribution in [2.45, 2.75) is 428 Å². The van der Waals surface area contributed by atoms with Gasteiger partial charge in [-0.25, -0.2) is 0 Å². The number of nitrogens with one attached hydrogen (secondary N) is 1. The molecule has 0 aliphatic carbocycles. The second kappa shape index (κ2) is 63.4. The maximum absolute atomic E-state index is 13.4. The molecule has 2 heterocycles. The van der Waals surface area contributed by atoms with Gasteiger partial charge in [0.1, 0.15) is 48.8 Å². The summed E-state index contributed by atoms with van der Waals surface area (Å²) in [7, 11) is 0. The molecule has 0 aromatic carbocycles. The molecule has 1 amide bonds. The number of hydrogen-bond acceptors (Lipinski definition) is 13. The molecule has 0 spiro atoms. The van der Waals surface area contributed by atoms with E-state index in [1.807, 2.05) is 6.08 Å². The van der Waals surface area contributed by atoms with Crippen molar-refractivity contribution >= 4 is 5.91 Å². The van der Waals surface area contributed by atoms with Gasteiger partial charge in [0.05, 0.1) is 32.0 Å². The summed E-state index contributed by atoms with van der Waals surface area (Å²) in [6.45, 7) is 2.83. The van der Waals surface area contributed by atoms with Gasteiger partial charge in [-0.15, -0.1) is 0 Å². The van der Waals surface area contributed by atoms with Gasteiger partial charge in [-0.1, -0.05) is 326 Å². The molecule has 0 radical (unpaired) electrons. The summed E-state index contributed by atoms with van der Waals surface area (Å²) in [6, 6.07) is -0.940. The van der Waals surface area contributed by atoms with Crippen molar-refractivity contribution in [2.75, 3.05) is 19.8 Å². The van der Waals surface area contributed by atoms with Gasteiger partial charge in [0.15, 0.2) is 12.6 Å². The first kappa shape index (κ1) is 87.0. The van der Waals surface area contributed by atoms with E-state index in [2.05, 4.69) is 55.6 Å². The molecule has 93 heavy (non-hydrogen) atoms. The van der Waals surface area contributed by atoms with Crippen molar-refractivity contribution in [2.24, 2.45) is 0 Å². The minimum Gasteiger partial charge on any atom is -0.394 e. The van der Waals surface area contributed by atoms with Crippen molar-refractivity contribution in [1.29, 1.82) is 0 Å². The molecule has 2 fully saturated rings. The third-order valence-electron chi connectivity index (χ3n) is 19.2. The Morgan fingerprint density at radius 2 is 0.688 bits per heavy atom. The average Bonchev–Trinajstić information content (AvgIpc) is 0.854. The van der Waals surface area contributed by atoms with Crippen molar-refractivity contribution in [1.82, 2.24) is 5.32 Å². The van der Waals surface area contributed by atoms with Crippen molar-refractivity contribution in [3.05, 3.63) is 48.6 Å². The molecule has 2 rings (SSSR count). The van der Waals surface area contributed by atoms with Crippen LogP contribution >= 0.6 is 0 Å². The highest BCUT2D eigenvalue weighted by atomic mass is 16.7. The van der Waals surface area contributed by atoms with Gasteiger partial charge in [0.25, 0.3) is 0 Å². The van der Waals surface area contributed by atoms with E-state index in [4.69, 9.17) is 18.9 Å². The van der Waals surface area contributed by atoms with Gasteiger partial charge >= 0.3 is 0 Å². The summed E-state index contributed by atoms with van der Waals surface area (Å²) >= 11 is 0. The Balaban J connectivity index is 1.65. The Bertz CT molecular complexity index is 1750. The summed E-state index contributed by atoms with van der Waals surface area (Å²) in [5.41, 5.74) is 0. The number of rotatable bonds is 66. The lowest BCUT2D eigenvalue weighted by Gasteiger charge is -2.46. The number of carbonyl (C=O) groups is 1. The van der Waals surface area contributed by atoms with E-state index in [0.29, 0.717) is 12.8 Å². The summed E-state index contributed by atoms with van der Waals surface area (Å²) in [5.74, 6) is -0.247. The zero-order valence-corrected chi connectivity index (χ0v) is 59.8. The standard InChI is InChI=1S/C79H147NO13/c1-3-5-7-9-11-13-15-17-19-21-23-25-27-29-31-33-35-36-38-40-42-44-46-48-50-52-54-56-58-60-62-68(83)67(66-90-78-76(89)74(87)77(70(65-82)92-78)93-79-75(88)73(86)72(85)69(64-81)91-79)80-71(84)63-61-59-57-55-53-51-49-47-45-43-41-39-37-34-32-30-28-26-24-22-20-18-16-14-12-10-8-6-4-2/h22,24,44,46,52,54,60,62,67-70,72-79,81-83,85-89H,3-21,23,25-43,45,47-51,53,55-59,61,63-66H2,1-2H3,(H,80,84)/b24-22-,46-44+,54-52+,62-60+. The Morgan fingerprint density at radius 3 is 1.05 bits per heavy atom. The summed E-state index contributed by atoms with van der Waals surface area (Å²) < 4.78 is 22.9. The predicted molar refractivity (Wildman–Crippen MR) is 383 cm³/mol. The normalized spacial score (nSPS) is 22.8. The molecule has 2 aliphatic heterocycles. The Morgan fingerprint density at radius 1 is 0.376 bits per heavy atom. The number of amides is 1. The van der Waals surface area contributed by atoms with Gasteiger partial charge in [0.2, 0.25) is 5.91 Å². The van der Waals surface area contributed by atoms with Crippen LogP contribution in [0.2, 0.25) is 0 Å². The minimum atomic E-state index is -1.79. The van der Waals surface area contributed by atoms with E-state index in [1.54, 1.807) is 6.08 Å². The SMILES string of the molecule is CCCCCCCCCC/C=C\CCCCCCCCCCCCCCCCCCCC(=O)NC(COC1OC(CO)C(OC2OC(CO)C(O)C(O)C2O)C(O)C1O)C(O)/C=C/CC/C=C/CC/C=C/CCCCCCCCCCCCCCCCCCCCCC. The monoisotopic (exact) mass is 1320 g/mol. The molecular weight excluding hydrogens is 1170 g/mol. The highest BCUT2D eigenvalue weighted by Crippen LogP contribution is 2.30. The Labute approximate surface area is 569 Å². The number of aliphatic hydroxyl groups excluding tert-OH is 8. The van der Waals surface area contributed by atoms with E-state index >= 15 is 0 Å². The quantitative estimate of drug-likeness (QED) is 0.0204. The third kappa shape index (κ3) is 46.8. The molecule has 14 nitrogen and oxygen atoms in total. The first-order valence-corrected chi connectivity index (χ1v) is 39.4. The van der Waals surface area contributed by atoms with E-state index in [1.165, 1.54) is 276 Å². The van der Waals surface area contributed by atoms with Gasteiger partial charge in [0, 0.05) is 6.42 Å². The maximum atomic E-state index is 13.4. The molecule has 0 aromatic heterocycles. The third-order valence-corrected chi connectivity index (χ3v) is 19.2. The first-order chi connectivity index (χ1) is 45.6. The number of aliphatic hydroxyl groups is 8. The smallest absolute Gasteiger partial charge is 0.220 e. The van der Waals surface area contributed by atoms with Crippen LogP contribution in [0.1, 0.15) is 354 Å². The summed E-state index contributed by atoms with van der Waals surface area (Å²) in [4.78, 5) is 13.4. The fourth-order valence-electron chi connectivity index (χ4n) is 13.0. The van der Waals surface area contributed by atoms with Crippen LogP contribution in [0, 0.1) is 0 Å². The molecule has 0 aromatic rings. The van der Waals surface area contributed by atoms with Crippen LogP contribution in [-0.4, -0.2) is 140 Å². The zero-order valence-electron chi connectivity index (χ0n) is 59.8. The second-order valence-corrected chi connectivity index (χ2v) is 27.8. The largest absolute Gasteiger partial charge is 0.394 e. The lowest BCUT2D eigenvalue weighted by Crippen LogP contribution is -2.65. The second-order valence-electron chi connectivity index (χ2n) is 27.8. The molecule has 0 saturated carbocycles. The lowest BCUT2D eigenvalue weighted by atomic mass is 9.97. The lowest BCUT2D eigenvalue weighted by molar-refractivity contribution is -0.359. The zero-order chi connectivity index (χ0) is 67.3. The first-order valence-electron chi connectivity index (χ1n) is 39.4. The van der Waals surface area contributed by atoms with Gasteiger partial charge in [-0.3, -0.25) is 4.79 Å². The van der Waals surface area contributed by atoms with Crippen molar-refractivity contribution < 1.29 is 64.6 Å². The van der Waals surface area contributed by atoms with Crippen LogP contribution < -0.4 is 5.32 Å². The van der Waals surface area contributed by atoms with Gasteiger partial charge < -0.3 is 65.1 Å². The summed E-state index contributed by atoms with van der Waals surface area (Å²) in [6.07, 6.45) is 67.7. The van der Waals surface area contributed by atoms with Crippen LogP contribution in [0.25, 0.3) is 0 Å². The topological polar surface area (TPSA) is 228 Å². The molecular formula is C79H147NO13. The van der Waals surface area contributed by atoms with Gasteiger partial charge in [-0.05, 0) is 70.6 Å². The molecule has 12 atom stereocenters. The molecule has 546 valence electrons. The molecule has 2 saturated heterocycles. The predicted octanol–water partition coefficient (Wildman–Crippen LogP) is 17.4. The van der Waals surface area contributed by atoms with Gasteiger partial charge in [-0.2, -0.15) is 0 Å². The van der Waals surface area contributed by atoms with Crippen molar-refractivity contribution in [3.8, 4) is 0 Å². The molecule has 14 heteroatoms. The Kier molecular flexibility index (Phi) is 59.3. The molecule has 12 unspecified atom stereocenters. The van der Waals surface area contributed by atoms with Crippen LogP contribution in [0.5, 0.6) is 0 Å². The molecule has 9 N–H and O–H groups in total. The number of ether oxygens (including phenoxy) is 4. The van der Waals surface area contributed by atoms with E-state index in [9.17, 15) is 45.6 Å². The Hall–Kier alpha value is -2.05. The molecule has 2 aliphatic rings. The fourth-order valence-corrected chi connectivity index (χ4v) is 13.0. The van der Waals surface area contributed by atoms with E-state index < -0.39 is 86.8 Å². The summed E-state index contributed by atoms with van der Waals surface area (Å²) in [5, 5.41) is 87.6. The average molecular weight is 1320 g/mol. The number of hydrogen-bond donors (Lipinski definition) is 9. The number of allylic oxidation sites excluding steroid dienone is 7. The van der Waals surface area contributed by atoms with Crippen LogP contribution in [0.3, 0.4) is 0 Å². The molecule has 0 bridgehead atoms. The van der Waals surface area contributed by atoms with Crippen LogP contribution in [-0.2, 0) is 23.7 Å². The highest BCUT2D eigenvalue weighted by Gasteiger charge is 2.51. The maximum Gasteiger partial charge on any atom is 0.220 e.